The number of nitrogens with zero attached hydrogens (tertiary/aromatic N) is 4. The molecule has 0 bridgehead atoms. The summed E-state index contributed by atoms with van der Waals surface area (Å²) in [5, 5.41) is 7.01. The molecule has 0 fully saturated rings. The fourth-order valence-electron chi connectivity index (χ4n) is 3.26. The van der Waals surface area contributed by atoms with Crippen LogP contribution < -0.4 is 0 Å². The second-order valence-corrected chi connectivity index (χ2v) is 7.66. The van der Waals surface area contributed by atoms with Crippen LogP contribution in [-0.2, 0) is 26.7 Å². The van der Waals surface area contributed by atoms with Crippen LogP contribution in [0, 0.1) is 11.7 Å². The van der Waals surface area contributed by atoms with Gasteiger partial charge in [0.05, 0.1) is 6.67 Å². The maximum Gasteiger partial charge on any atom is 0.199 e. The van der Waals surface area contributed by atoms with Gasteiger partial charge >= 0.3 is 0 Å². The SMILES string of the molecule is Cc1ccccc1-c1nn(CN2CCc3sccc3C2)c(=S)n1C. The number of thiophene rings is 1. The highest BCUT2D eigenvalue weighted by Crippen LogP contribution is 2.25. The highest BCUT2D eigenvalue weighted by molar-refractivity contribution is 7.71. The summed E-state index contributed by atoms with van der Waals surface area (Å²) in [7, 11) is 2.00. The molecule has 4 rings (SSSR count). The molecule has 1 aromatic carbocycles. The van der Waals surface area contributed by atoms with E-state index < -0.39 is 0 Å². The minimum absolute atomic E-state index is 0.744. The summed E-state index contributed by atoms with van der Waals surface area (Å²) < 4.78 is 4.73. The van der Waals surface area contributed by atoms with Crippen LogP contribution in [-0.4, -0.2) is 25.8 Å². The minimum Gasteiger partial charge on any atom is -0.303 e. The second-order valence-electron chi connectivity index (χ2n) is 6.29. The molecule has 4 nitrogen and oxygen atoms in total. The zero-order valence-corrected chi connectivity index (χ0v) is 15.5. The zero-order chi connectivity index (χ0) is 16.7. The Bertz CT molecular complexity index is 935. The number of rotatable bonds is 3. The van der Waals surface area contributed by atoms with Crippen molar-refractivity contribution in [1.82, 2.24) is 19.2 Å². The van der Waals surface area contributed by atoms with Crippen LogP contribution in [0.25, 0.3) is 11.4 Å². The fourth-order valence-corrected chi connectivity index (χ4v) is 4.33. The number of aryl methyl sites for hydroxylation is 1. The average molecular weight is 357 g/mol. The van der Waals surface area contributed by atoms with Crippen molar-refractivity contribution in [2.75, 3.05) is 6.54 Å². The highest BCUT2D eigenvalue weighted by Gasteiger charge is 2.19. The fraction of sp³-hybridized carbons (Fsp3) is 0.333. The third-order valence-corrected chi connectivity index (χ3v) is 6.16. The Morgan fingerprint density at radius 2 is 2.08 bits per heavy atom. The molecule has 2 aromatic heterocycles. The molecule has 1 aliphatic rings. The van der Waals surface area contributed by atoms with Crippen molar-refractivity contribution in [2.45, 2.75) is 26.6 Å². The van der Waals surface area contributed by atoms with Crippen LogP contribution >= 0.6 is 23.6 Å². The summed E-state index contributed by atoms with van der Waals surface area (Å²) in [4.78, 5) is 3.94. The summed E-state index contributed by atoms with van der Waals surface area (Å²) in [5.74, 6) is 0.936. The first-order chi connectivity index (χ1) is 11.6. The molecule has 3 aromatic rings. The molecule has 6 heteroatoms. The predicted octanol–water partition coefficient (Wildman–Crippen LogP) is 4.00. The van der Waals surface area contributed by atoms with E-state index in [2.05, 4.69) is 41.5 Å². The maximum atomic E-state index is 5.63. The third kappa shape index (κ3) is 2.75. The van der Waals surface area contributed by atoms with Gasteiger partial charge in [0.2, 0.25) is 0 Å². The minimum atomic E-state index is 0.744. The smallest absolute Gasteiger partial charge is 0.199 e. The second kappa shape index (κ2) is 6.27. The number of hydrogen-bond acceptors (Lipinski definition) is 4. The molecule has 3 heterocycles. The highest BCUT2D eigenvalue weighted by atomic mass is 32.1. The quantitative estimate of drug-likeness (QED) is 0.663. The molecule has 124 valence electrons. The van der Waals surface area contributed by atoms with E-state index in [1.165, 1.54) is 16.0 Å². The van der Waals surface area contributed by atoms with Gasteiger partial charge in [-0.2, -0.15) is 5.10 Å². The van der Waals surface area contributed by atoms with E-state index in [9.17, 15) is 0 Å². The van der Waals surface area contributed by atoms with Crippen LogP contribution in [0.3, 0.4) is 0 Å². The standard InChI is InChI=1S/C18H20N4S2/c1-13-5-3-4-6-15(13)17-19-22(18(23)20(17)2)12-21-9-7-16-14(11-21)8-10-24-16/h3-6,8,10H,7,9,11-12H2,1-2H3. The van der Waals surface area contributed by atoms with Crippen LogP contribution in [0.2, 0.25) is 0 Å². The van der Waals surface area contributed by atoms with Gasteiger partial charge in [-0.25, -0.2) is 4.68 Å². The van der Waals surface area contributed by atoms with Gasteiger partial charge in [-0.3, -0.25) is 4.90 Å². The normalized spacial score (nSPS) is 14.8. The zero-order valence-electron chi connectivity index (χ0n) is 13.9. The van der Waals surface area contributed by atoms with Gasteiger partial charge in [0.15, 0.2) is 10.6 Å². The summed E-state index contributed by atoms with van der Waals surface area (Å²) in [6.07, 6.45) is 1.12. The monoisotopic (exact) mass is 356 g/mol. The third-order valence-electron chi connectivity index (χ3n) is 4.65. The van der Waals surface area contributed by atoms with Crippen molar-refractivity contribution in [3.63, 3.8) is 0 Å². The summed E-state index contributed by atoms with van der Waals surface area (Å²) in [5.41, 5.74) is 3.81. The van der Waals surface area contributed by atoms with E-state index in [1.807, 2.05) is 33.7 Å². The van der Waals surface area contributed by atoms with Crippen LogP contribution in [0.15, 0.2) is 35.7 Å². The molecular formula is C18H20N4S2. The van der Waals surface area contributed by atoms with E-state index in [-0.39, 0.29) is 0 Å². The van der Waals surface area contributed by atoms with E-state index >= 15 is 0 Å². The van der Waals surface area contributed by atoms with Crippen molar-refractivity contribution in [2.24, 2.45) is 7.05 Å². The van der Waals surface area contributed by atoms with E-state index in [4.69, 9.17) is 17.3 Å². The van der Waals surface area contributed by atoms with Crippen molar-refractivity contribution in [3.05, 3.63) is 56.5 Å². The van der Waals surface area contributed by atoms with Gasteiger partial charge in [-0.05, 0) is 48.1 Å². The van der Waals surface area contributed by atoms with Gasteiger partial charge in [-0.15, -0.1) is 11.3 Å². The molecule has 0 unspecified atom stereocenters. The average Bonchev–Trinajstić information content (AvgIpc) is 3.15. The van der Waals surface area contributed by atoms with Crippen molar-refractivity contribution in [3.8, 4) is 11.4 Å². The lowest BCUT2D eigenvalue weighted by Crippen LogP contribution is -2.32. The lowest BCUT2D eigenvalue weighted by molar-refractivity contribution is 0.189. The molecule has 0 radical (unpaired) electrons. The number of benzene rings is 1. The Hall–Kier alpha value is -1.76. The molecule has 1 aliphatic heterocycles. The van der Waals surface area contributed by atoms with E-state index in [0.717, 1.165) is 42.3 Å². The van der Waals surface area contributed by atoms with Gasteiger partial charge in [0, 0.05) is 30.6 Å². The first-order valence-corrected chi connectivity index (χ1v) is 9.39. The van der Waals surface area contributed by atoms with Crippen LogP contribution in [0.4, 0.5) is 0 Å². The Labute approximate surface area is 151 Å². The first kappa shape index (κ1) is 15.7. The van der Waals surface area contributed by atoms with Crippen LogP contribution in [0.1, 0.15) is 16.0 Å². The van der Waals surface area contributed by atoms with E-state index in [1.54, 1.807) is 0 Å². The van der Waals surface area contributed by atoms with Crippen molar-refractivity contribution in [1.29, 1.82) is 0 Å². The molecule has 0 amide bonds. The van der Waals surface area contributed by atoms with Gasteiger partial charge in [0.25, 0.3) is 0 Å². The lowest BCUT2D eigenvalue weighted by atomic mass is 10.1. The molecule has 0 atom stereocenters. The van der Waals surface area contributed by atoms with Gasteiger partial charge in [0.1, 0.15) is 0 Å². The van der Waals surface area contributed by atoms with Crippen molar-refractivity contribution < 1.29 is 0 Å². The molecule has 0 spiro atoms. The Morgan fingerprint density at radius 3 is 2.92 bits per heavy atom. The largest absolute Gasteiger partial charge is 0.303 e. The Kier molecular flexibility index (Phi) is 4.12. The summed E-state index contributed by atoms with van der Waals surface area (Å²) >= 11 is 7.49. The van der Waals surface area contributed by atoms with Gasteiger partial charge < -0.3 is 4.57 Å². The predicted molar refractivity (Wildman–Crippen MR) is 101 cm³/mol. The molecule has 0 saturated heterocycles. The maximum absolute atomic E-state index is 5.63. The molecular weight excluding hydrogens is 336 g/mol. The Morgan fingerprint density at radius 1 is 1.25 bits per heavy atom. The van der Waals surface area contributed by atoms with Crippen molar-refractivity contribution >= 4 is 23.6 Å². The first-order valence-electron chi connectivity index (χ1n) is 8.11. The Balaban J connectivity index is 1.62. The number of hydrogen-bond donors (Lipinski definition) is 0. The number of fused-ring (bicyclic) bond motifs is 1. The molecule has 0 saturated carbocycles. The topological polar surface area (TPSA) is 26.0 Å². The van der Waals surface area contributed by atoms with Crippen LogP contribution in [0.5, 0.6) is 0 Å². The van der Waals surface area contributed by atoms with E-state index in [0.29, 0.717) is 0 Å². The summed E-state index contributed by atoms with van der Waals surface area (Å²) in [6, 6.07) is 10.6. The summed E-state index contributed by atoms with van der Waals surface area (Å²) in [6.45, 7) is 4.90. The molecule has 0 N–H and O–H groups in total. The molecule has 0 aliphatic carbocycles. The van der Waals surface area contributed by atoms with Gasteiger partial charge in [-0.1, -0.05) is 24.3 Å². The molecule has 24 heavy (non-hydrogen) atoms. The lowest BCUT2D eigenvalue weighted by Gasteiger charge is -2.26. The number of aromatic nitrogens is 3.